The molecule has 8 heteroatoms. The molecule has 0 heterocycles. The van der Waals surface area contributed by atoms with E-state index in [9.17, 15) is 19.7 Å². The van der Waals surface area contributed by atoms with Crippen molar-refractivity contribution < 1.29 is 19.2 Å². The molecule has 3 aromatic carbocycles. The smallest absolute Gasteiger partial charge is 0.269 e. The van der Waals surface area contributed by atoms with Crippen LogP contribution < -0.4 is 15.4 Å². The minimum Gasteiger partial charge on any atom is -0.481 e. The number of carbonyl (C=O) groups excluding carboxylic acids is 2. The first-order valence-electron chi connectivity index (χ1n) is 9.11. The van der Waals surface area contributed by atoms with E-state index in [0.29, 0.717) is 22.7 Å². The second kappa shape index (κ2) is 9.33. The third kappa shape index (κ3) is 5.20. The molecule has 0 saturated heterocycles. The largest absolute Gasteiger partial charge is 0.481 e. The highest BCUT2D eigenvalue weighted by Crippen LogP contribution is 2.20. The minimum absolute atomic E-state index is 0.0715. The van der Waals surface area contributed by atoms with Crippen LogP contribution in [0.4, 0.5) is 17.1 Å². The van der Waals surface area contributed by atoms with E-state index in [-0.39, 0.29) is 11.6 Å². The van der Waals surface area contributed by atoms with Crippen LogP contribution in [0, 0.1) is 10.1 Å². The molecule has 8 nitrogen and oxygen atoms in total. The number of para-hydroxylation sites is 2. The summed E-state index contributed by atoms with van der Waals surface area (Å²) in [5.41, 5.74) is 1.21. The Balaban J connectivity index is 1.67. The second-order valence-corrected chi connectivity index (χ2v) is 6.37. The predicted molar refractivity (Wildman–Crippen MR) is 113 cm³/mol. The van der Waals surface area contributed by atoms with Crippen LogP contribution in [-0.2, 0) is 4.79 Å². The number of rotatable bonds is 7. The van der Waals surface area contributed by atoms with Crippen molar-refractivity contribution in [1.29, 1.82) is 0 Å². The van der Waals surface area contributed by atoms with Gasteiger partial charge in [0.15, 0.2) is 6.10 Å². The Morgan fingerprint density at radius 3 is 2.20 bits per heavy atom. The fraction of sp³-hybridized carbons (Fsp3) is 0.0909. The van der Waals surface area contributed by atoms with Gasteiger partial charge in [0, 0.05) is 17.8 Å². The van der Waals surface area contributed by atoms with Gasteiger partial charge in [-0.2, -0.15) is 0 Å². The maximum atomic E-state index is 12.6. The lowest BCUT2D eigenvalue weighted by molar-refractivity contribution is -0.384. The van der Waals surface area contributed by atoms with E-state index in [2.05, 4.69) is 10.6 Å². The Kier molecular flexibility index (Phi) is 6.39. The molecule has 0 spiro atoms. The van der Waals surface area contributed by atoms with E-state index in [0.717, 1.165) is 0 Å². The standard InChI is InChI=1S/C22H19N3O5/c1-15(30-18-13-11-17(12-14-18)25(28)29)21(26)24-20-10-6-5-9-19(20)22(27)23-16-7-3-2-4-8-16/h2-15H,1H3,(H,23,27)(H,24,26). The Hall–Kier alpha value is -4.20. The lowest BCUT2D eigenvalue weighted by atomic mass is 10.1. The molecule has 1 unspecified atom stereocenters. The van der Waals surface area contributed by atoms with E-state index in [1.807, 2.05) is 6.07 Å². The number of nitro benzene ring substituents is 1. The summed E-state index contributed by atoms with van der Waals surface area (Å²) in [4.78, 5) is 35.4. The van der Waals surface area contributed by atoms with Crippen LogP contribution >= 0.6 is 0 Å². The van der Waals surface area contributed by atoms with E-state index in [4.69, 9.17) is 4.74 Å². The third-order valence-electron chi connectivity index (χ3n) is 4.19. The molecular weight excluding hydrogens is 386 g/mol. The second-order valence-electron chi connectivity index (χ2n) is 6.37. The summed E-state index contributed by atoms with van der Waals surface area (Å²) in [6.07, 6.45) is -0.892. The minimum atomic E-state index is -0.892. The number of ether oxygens (including phenoxy) is 1. The summed E-state index contributed by atoms with van der Waals surface area (Å²) in [5.74, 6) is -0.507. The third-order valence-corrected chi connectivity index (χ3v) is 4.19. The van der Waals surface area contributed by atoms with Crippen LogP contribution in [0.15, 0.2) is 78.9 Å². The van der Waals surface area contributed by atoms with Gasteiger partial charge in [0.2, 0.25) is 0 Å². The van der Waals surface area contributed by atoms with E-state index in [1.54, 1.807) is 55.5 Å². The maximum Gasteiger partial charge on any atom is 0.269 e. The zero-order valence-corrected chi connectivity index (χ0v) is 16.1. The molecule has 1 atom stereocenters. The number of nitro groups is 1. The molecule has 3 aromatic rings. The van der Waals surface area contributed by atoms with Crippen LogP contribution in [0.2, 0.25) is 0 Å². The van der Waals surface area contributed by atoms with E-state index >= 15 is 0 Å². The van der Waals surface area contributed by atoms with Gasteiger partial charge in [0.05, 0.1) is 16.2 Å². The van der Waals surface area contributed by atoms with Gasteiger partial charge < -0.3 is 15.4 Å². The molecule has 0 aliphatic carbocycles. The van der Waals surface area contributed by atoms with Gasteiger partial charge in [-0.1, -0.05) is 30.3 Å². The molecule has 0 aliphatic heterocycles. The van der Waals surface area contributed by atoms with Crippen molar-refractivity contribution in [3.63, 3.8) is 0 Å². The summed E-state index contributed by atoms with van der Waals surface area (Å²) in [7, 11) is 0. The number of nitrogens with one attached hydrogen (secondary N) is 2. The van der Waals surface area contributed by atoms with Crippen molar-refractivity contribution in [3.8, 4) is 5.75 Å². The molecule has 3 rings (SSSR count). The maximum absolute atomic E-state index is 12.6. The highest BCUT2D eigenvalue weighted by atomic mass is 16.6. The van der Waals surface area contributed by atoms with Crippen molar-refractivity contribution in [2.75, 3.05) is 10.6 Å². The molecule has 0 aromatic heterocycles. The van der Waals surface area contributed by atoms with Gasteiger partial charge in [-0.15, -0.1) is 0 Å². The number of benzene rings is 3. The van der Waals surface area contributed by atoms with Crippen LogP contribution in [0.1, 0.15) is 17.3 Å². The summed E-state index contributed by atoms with van der Waals surface area (Å²) < 4.78 is 5.54. The molecule has 0 fully saturated rings. The first-order chi connectivity index (χ1) is 14.4. The average molecular weight is 405 g/mol. The number of anilines is 2. The molecular formula is C22H19N3O5. The molecule has 30 heavy (non-hydrogen) atoms. The SMILES string of the molecule is CC(Oc1ccc([N+](=O)[O-])cc1)C(=O)Nc1ccccc1C(=O)Nc1ccccc1. The summed E-state index contributed by atoms with van der Waals surface area (Å²) in [6, 6.07) is 21.0. The molecule has 0 aliphatic rings. The average Bonchev–Trinajstić information content (AvgIpc) is 2.75. The van der Waals surface area contributed by atoms with Crippen molar-refractivity contribution in [3.05, 3.63) is 94.5 Å². The first-order valence-corrected chi connectivity index (χ1v) is 9.11. The fourth-order valence-electron chi connectivity index (χ4n) is 2.65. The van der Waals surface area contributed by atoms with Gasteiger partial charge in [0.1, 0.15) is 5.75 Å². The van der Waals surface area contributed by atoms with E-state index < -0.39 is 16.9 Å². The number of nitrogens with zero attached hydrogens (tertiary/aromatic N) is 1. The number of hydrogen-bond donors (Lipinski definition) is 2. The van der Waals surface area contributed by atoms with Crippen molar-refractivity contribution in [2.24, 2.45) is 0 Å². The molecule has 152 valence electrons. The Labute approximate surface area is 172 Å². The fourth-order valence-corrected chi connectivity index (χ4v) is 2.65. The highest BCUT2D eigenvalue weighted by molar-refractivity contribution is 6.10. The lowest BCUT2D eigenvalue weighted by Crippen LogP contribution is -2.31. The lowest BCUT2D eigenvalue weighted by Gasteiger charge is -2.16. The Bertz CT molecular complexity index is 1050. The topological polar surface area (TPSA) is 111 Å². The quantitative estimate of drug-likeness (QED) is 0.451. The van der Waals surface area contributed by atoms with Crippen LogP contribution in [0.3, 0.4) is 0 Å². The van der Waals surface area contributed by atoms with Crippen LogP contribution in [-0.4, -0.2) is 22.8 Å². The first kappa shape index (κ1) is 20.5. The van der Waals surface area contributed by atoms with Crippen LogP contribution in [0.25, 0.3) is 0 Å². The van der Waals surface area contributed by atoms with E-state index in [1.165, 1.54) is 24.3 Å². The molecule has 0 radical (unpaired) electrons. The summed E-state index contributed by atoms with van der Waals surface area (Å²) in [5, 5.41) is 16.2. The number of hydrogen-bond acceptors (Lipinski definition) is 5. The predicted octanol–water partition coefficient (Wildman–Crippen LogP) is 4.25. The highest BCUT2D eigenvalue weighted by Gasteiger charge is 2.19. The van der Waals surface area contributed by atoms with Crippen molar-refractivity contribution >= 4 is 28.9 Å². The molecule has 2 amide bonds. The van der Waals surface area contributed by atoms with Gasteiger partial charge >= 0.3 is 0 Å². The molecule has 0 bridgehead atoms. The van der Waals surface area contributed by atoms with Crippen molar-refractivity contribution in [1.82, 2.24) is 0 Å². The van der Waals surface area contributed by atoms with Crippen LogP contribution in [0.5, 0.6) is 5.75 Å². The van der Waals surface area contributed by atoms with Gasteiger partial charge in [-0.25, -0.2) is 0 Å². The normalized spacial score (nSPS) is 11.2. The summed E-state index contributed by atoms with van der Waals surface area (Å²) in [6.45, 7) is 1.55. The Morgan fingerprint density at radius 2 is 1.53 bits per heavy atom. The molecule has 2 N–H and O–H groups in total. The van der Waals surface area contributed by atoms with Crippen molar-refractivity contribution in [2.45, 2.75) is 13.0 Å². The monoisotopic (exact) mass is 405 g/mol. The number of non-ortho nitro benzene ring substituents is 1. The van der Waals surface area contributed by atoms with Gasteiger partial charge in [0.25, 0.3) is 17.5 Å². The molecule has 0 saturated carbocycles. The number of carbonyl (C=O) groups is 2. The van der Waals surface area contributed by atoms with Gasteiger partial charge in [-0.05, 0) is 43.3 Å². The summed E-state index contributed by atoms with van der Waals surface area (Å²) >= 11 is 0. The number of amides is 2. The zero-order valence-electron chi connectivity index (χ0n) is 16.1. The zero-order chi connectivity index (χ0) is 21.5. The van der Waals surface area contributed by atoms with Gasteiger partial charge in [-0.3, -0.25) is 19.7 Å². The Morgan fingerprint density at radius 1 is 0.900 bits per heavy atom.